The van der Waals surface area contributed by atoms with Crippen LogP contribution in [0.15, 0.2) is 30.5 Å². The molecule has 0 aliphatic heterocycles. The fourth-order valence-corrected chi connectivity index (χ4v) is 2.68. The average Bonchev–Trinajstić information content (AvgIpc) is 2.82. The van der Waals surface area contributed by atoms with Gasteiger partial charge in [-0.15, -0.1) is 0 Å². The number of aryl methyl sites for hydroxylation is 2. The van der Waals surface area contributed by atoms with Crippen LogP contribution >= 0.6 is 0 Å². The van der Waals surface area contributed by atoms with Gasteiger partial charge in [0.15, 0.2) is 5.54 Å². The number of carboxylic acids is 1. The minimum atomic E-state index is -1.41. The highest BCUT2D eigenvalue weighted by molar-refractivity contribution is 5.88. The topological polar surface area (TPSA) is 80.6 Å². The molecular formula is C17H22N2O4. The van der Waals surface area contributed by atoms with Crippen LogP contribution in [0.5, 0.6) is 0 Å². The average molecular weight is 318 g/mol. The quantitative estimate of drug-likeness (QED) is 0.814. The molecule has 124 valence electrons. The van der Waals surface area contributed by atoms with Gasteiger partial charge in [-0.3, -0.25) is 4.79 Å². The molecule has 1 unspecified atom stereocenters. The number of rotatable bonds is 7. The molecule has 6 nitrogen and oxygen atoms in total. The first-order valence-corrected chi connectivity index (χ1v) is 7.43. The van der Waals surface area contributed by atoms with Gasteiger partial charge in [0, 0.05) is 37.7 Å². The Bertz CT molecular complexity index is 722. The fourth-order valence-electron chi connectivity index (χ4n) is 2.68. The summed E-state index contributed by atoms with van der Waals surface area (Å²) in [7, 11) is 3.37. The Kier molecular flexibility index (Phi) is 5.05. The van der Waals surface area contributed by atoms with Gasteiger partial charge < -0.3 is 19.7 Å². The zero-order chi connectivity index (χ0) is 17.0. The summed E-state index contributed by atoms with van der Waals surface area (Å²) in [4.78, 5) is 23.4. The van der Waals surface area contributed by atoms with E-state index in [2.05, 4.69) is 5.32 Å². The number of hydrogen-bond donors (Lipinski definition) is 2. The molecule has 0 fully saturated rings. The summed E-state index contributed by atoms with van der Waals surface area (Å²) >= 11 is 0. The van der Waals surface area contributed by atoms with Gasteiger partial charge >= 0.3 is 5.97 Å². The van der Waals surface area contributed by atoms with Crippen LogP contribution in [0, 0.1) is 0 Å². The van der Waals surface area contributed by atoms with Crippen LogP contribution < -0.4 is 5.32 Å². The Hall–Kier alpha value is -2.34. The van der Waals surface area contributed by atoms with Crippen molar-refractivity contribution in [3.05, 3.63) is 36.0 Å². The molecule has 0 aliphatic rings. The van der Waals surface area contributed by atoms with Gasteiger partial charge in [0.05, 0.1) is 6.61 Å². The number of benzene rings is 1. The number of hydrogen-bond acceptors (Lipinski definition) is 3. The third kappa shape index (κ3) is 3.71. The molecule has 0 aliphatic carbocycles. The summed E-state index contributed by atoms with van der Waals surface area (Å²) in [5, 5.41) is 12.9. The van der Waals surface area contributed by atoms with E-state index in [1.165, 1.54) is 14.0 Å². The second-order valence-electron chi connectivity index (χ2n) is 5.90. The summed E-state index contributed by atoms with van der Waals surface area (Å²) in [5.41, 5.74) is 0.768. The number of carboxylic acid groups (broad SMARTS) is 1. The van der Waals surface area contributed by atoms with E-state index in [-0.39, 0.29) is 18.9 Å². The molecule has 1 aromatic carbocycles. The second-order valence-corrected chi connectivity index (χ2v) is 5.90. The van der Waals surface area contributed by atoms with E-state index in [0.29, 0.717) is 6.42 Å². The number of aliphatic carboxylic acids is 1. The first kappa shape index (κ1) is 17.0. The first-order chi connectivity index (χ1) is 10.9. The van der Waals surface area contributed by atoms with Crippen LogP contribution in [0.1, 0.15) is 18.9 Å². The van der Waals surface area contributed by atoms with Crippen molar-refractivity contribution in [2.45, 2.75) is 25.3 Å². The standard InChI is InChI=1S/C17H22N2O4/c1-17(11-23-3,16(21)22)18-15(20)9-8-12-10-19(2)14-7-5-4-6-13(12)14/h4-7,10H,8-9,11H2,1-3H3,(H,18,20)(H,21,22). The molecule has 2 N–H and O–H groups in total. The van der Waals surface area contributed by atoms with Crippen molar-refractivity contribution < 1.29 is 19.4 Å². The Morgan fingerprint density at radius 1 is 1.35 bits per heavy atom. The van der Waals surface area contributed by atoms with Crippen LogP contribution in [0.25, 0.3) is 10.9 Å². The number of para-hydroxylation sites is 1. The molecule has 0 saturated heterocycles. The maximum Gasteiger partial charge on any atom is 0.331 e. The molecule has 0 saturated carbocycles. The van der Waals surface area contributed by atoms with Gasteiger partial charge in [-0.1, -0.05) is 18.2 Å². The second kappa shape index (κ2) is 6.83. The lowest BCUT2D eigenvalue weighted by molar-refractivity contribution is -0.149. The Labute approximate surface area is 135 Å². The smallest absolute Gasteiger partial charge is 0.331 e. The molecule has 2 aromatic rings. The zero-order valence-electron chi connectivity index (χ0n) is 13.6. The first-order valence-electron chi connectivity index (χ1n) is 7.43. The molecule has 23 heavy (non-hydrogen) atoms. The highest BCUT2D eigenvalue weighted by Gasteiger charge is 2.34. The summed E-state index contributed by atoms with van der Waals surface area (Å²) in [6.45, 7) is 1.36. The number of methoxy groups -OCH3 is 1. The van der Waals surface area contributed by atoms with Crippen molar-refractivity contribution in [2.24, 2.45) is 7.05 Å². The summed E-state index contributed by atoms with van der Waals surface area (Å²) in [5.74, 6) is -1.42. The van der Waals surface area contributed by atoms with Crippen LogP contribution in [-0.2, 0) is 27.8 Å². The molecule has 6 heteroatoms. The van der Waals surface area contributed by atoms with Crippen molar-refractivity contribution in [1.82, 2.24) is 9.88 Å². The van der Waals surface area contributed by atoms with Crippen molar-refractivity contribution in [3.8, 4) is 0 Å². The van der Waals surface area contributed by atoms with Crippen molar-refractivity contribution in [1.29, 1.82) is 0 Å². The number of nitrogens with zero attached hydrogens (tertiary/aromatic N) is 1. The summed E-state index contributed by atoms with van der Waals surface area (Å²) in [6, 6.07) is 7.99. The molecule has 0 spiro atoms. The number of aromatic nitrogens is 1. The molecular weight excluding hydrogens is 296 g/mol. The lowest BCUT2D eigenvalue weighted by Gasteiger charge is -2.25. The van der Waals surface area contributed by atoms with Gasteiger partial charge in [0.25, 0.3) is 0 Å². The van der Waals surface area contributed by atoms with E-state index in [9.17, 15) is 14.7 Å². The molecule has 1 aromatic heterocycles. The van der Waals surface area contributed by atoms with E-state index in [0.717, 1.165) is 16.5 Å². The predicted molar refractivity (Wildman–Crippen MR) is 87.3 cm³/mol. The van der Waals surface area contributed by atoms with E-state index in [1.807, 2.05) is 42.1 Å². The largest absolute Gasteiger partial charge is 0.479 e. The third-order valence-corrected chi connectivity index (χ3v) is 3.92. The summed E-state index contributed by atoms with van der Waals surface area (Å²) in [6.07, 6.45) is 2.78. The van der Waals surface area contributed by atoms with Gasteiger partial charge in [0.1, 0.15) is 0 Å². The van der Waals surface area contributed by atoms with Gasteiger partial charge in [-0.25, -0.2) is 4.79 Å². The van der Waals surface area contributed by atoms with Crippen molar-refractivity contribution >= 4 is 22.8 Å². The zero-order valence-corrected chi connectivity index (χ0v) is 13.6. The third-order valence-electron chi connectivity index (χ3n) is 3.92. The van der Waals surface area contributed by atoms with Gasteiger partial charge in [-0.2, -0.15) is 0 Å². The van der Waals surface area contributed by atoms with Crippen molar-refractivity contribution in [3.63, 3.8) is 0 Å². The van der Waals surface area contributed by atoms with Crippen LogP contribution in [0.3, 0.4) is 0 Å². The Balaban J connectivity index is 2.05. The number of nitrogens with one attached hydrogen (secondary N) is 1. The van der Waals surface area contributed by atoms with E-state index < -0.39 is 11.5 Å². The fraction of sp³-hybridized carbons (Fsp3) is 0.412. The molecule has 2 rings (SSSR count). The number of fused-ring (bicyclic) bond motifs is 1. The molecule has 0 bridgehead atoms. The van der Waals surface area contributed by atoms with Gasteiger partial charge in [0.2, 0.25) is 5.91 Å². The van der Waals surface area contributed by atoms with Crippen LogP contribution in [-0.4, -0.2) is 40.8 Å². The lowest BCUT2D eigenvalue weighted by Crippen LogP contribution is -2.55. The monoisotopic (exact) mass is 318 g/mol. The normalized spacial score (nSPS) is 13.7. The van der Waals surface area contributed by atoms with E-state index >= 15 is 0 Å². The molecule has 1 heterocycles. The molecule has 0 radical (unpaired) electrons. The van der Waals surface area contributed by atoms with E-state index in [4.69, 9.17) is 4.74 Å². The number of carbonyl (C=O) groups excluding carboxylic acids is 1. The minimum absolute atomic E-state index is 0.0810. The lowest BCUT2D eigenvalue weighted by atomic mass is 10.0. The van der Waals surface area contributed by atoms with Crippen molar-refractivity contribution in [2.75, 3.05) is 13.7 Å². The number of carbonyl (C=O) groups is 2. The van der Waals surface area contributed by atoms with Crippen LogP contribution in [0.2, 0.25) is 0 Å². The van der Waals surface area contributed by atoms with Crippen LogP contribution in [0.4, 0.5) is 0 Å². The number of amides is 1. The Morgan fingerprint density at radius 3 is 2.70 bits per heavy atom. The highest BCUT2D eigenvalue weighted by Crippen LogP contribution is 2.21. The molecule has 1 amide bonds. The predicted octanol–water partition coefficient (Wildman–Crippen LogP) is 1.72. The number of ether oxygens (including phenoxy) is 1. The molecule has 1 atom stereocenters. The van der Waals surface area contributed by atoms with Gasteiger partial charge in [-0.05, 0) is 25.0 Å². The SMILES string of the molecule is COCC(C)(NC(=O)CCc1cn(C)c2ccccc12)C(=O)O. The summed E-state index contributed by atoms with van der Waals surface area (Å²) < 4.78 is 6.92. The minimum Gasteiger partial charge on any atom is -0.479 e. The van der Waals surface area contributed by atoms with E-state index in [1.54, 1.807) is 0 Å². The highest BCUT2D eigenvalue weighted by atomic mass is 16.5. The maximum absolute atomic E-state index is 12.1. The Morgan fingerprint density at radius 2 is 2.04 bits per heavy atom. The maximum atomic E-state index is 12.1.